The predicted octanol–water partition coefficient (Wildman–Crippen LogP) is 3.65. The second kappa shape index (κ2) is 7.87. The van der Waals surface area contributed by atoms with Crippen molar-refractivity contribution in [1.29, 1.82) is 0 Å². The average Bonchev–Trinajstić information content (AvgIpc) is 3.46. The Labute approximate surface area is 162 Å². The summed E-state index contributed by atoms with van der Waals surface area (Å²) in [5.74, 6) is 1.84. The normalized spacial score (nSPS) is 10.6. The molecule has 0 atom stereocenters. The van der Waals surface area contributed by atoms with E-state index in [9.17, 15) is 0 Å². The van der Waals surface area contributed by atoms with Gasteiger partial charge >= 0.3 is 0 Å². The smallest absolute Gasteiger partial charge is 0.203 e. The van der Waals surface area contributed by atoms with E-state index in [1.165, 1.54) is 0 Å². The summed E-state index contributed by atoms with van der Waals surface area (Å²) < 4.78 is 20.8. The summed E-state index contributed by atoms with van der Waals surface area (Å²) in [4.78, 5) is 8.31. The molecule has 2 heterocycles. The van der Waals surface area contributed by atoms with Crippen LogP contribution in [0.1, 0.15) is 5.56 Å². The molecule has 4 rings (SSSR count). The fourth-order valence-electron chi connectivity index (χ4n) is 3.00. The zero-order chi connectivity index (χ0) is 19.3. The molecule has 0 aliphatic heterocycles. The van der Waals surface area contributed by atoms with Crippen LogP contribution in [0.2, 0.25) is 0 Å². The molecule has 0 aliphatic rings. The molecular weight excluding hydrogens is 356 g/mol. The van der Waals surface area contributed by atoms with Gasteiger partial charge in [0.25, 0.3) is 0 Å². The number of ether oxygens (including phenoxy) is 3. The van der Waals surface area contributed by atoms with Crippen molar-refractivity contribution < 1.29 is 14.2 Å². The first kappa shape index (κ1) is 17.7. The number of benzene rings is 2. The molecule has 0 fully saturated rings. The monoisotopic (exact) mass is 376 g/mol. The summed E-state index contributed by atoms with van der Waals surface area (Å²) >= 11 is 0. The number of imidazole rings is 2. The highest BCUT2D eigenvalue weighted by atomic mass is 16.5. The van der Waals surface area contributed by atoms with Crippen molar-refractivity contribution in [3.05, 3.63) is 79.4 Å². The molecule has 7 nitrogen and oxygen atoms in total. The Morgan fingerprint density at radius 3 is 2.04 bits per heavy atom. The molecule has 0 amide bonds. The van der Waals surface area contributed by atoms with Gasteiger partial charge in [-0.05, 0) is 29.8 Å². The van der Waals surface area contributed by atoms with E-state index in [0.717, 1.165) is 16.9 Å². The zero-order valence-corrected chi connectivity index (χ0v) is 15.6. The SMILES string of the molecule is COc1cccc(OC)c1OCc1ccc(-n2ccnc2)c(-n2ccnc2)c1. The van der Waals surface area contributed by atoms with Gasteiger partial charge in [0.1, 0.15) is 6.61 Å². The maximum absolute atomic E-state index is 6.05. The molecule has 2 aromatic heterocycles. The van der Waals surface area contributed by atoms with Crippen molar-refractivity contribution in [3.63, 3.8) is 0 Å². The van der Waals surface area contributed by atoms with Crippen LogP contribution in [-0.2, 0) is 6.61 Å². The van der Waals surface area contributed by atoms with Gasteiger partial charge in [-0.2, -0.15) is 0 Å². The van der Waals surface area contributed by atoms with E-state index in [1.54, 1.807) is 39.3 Å². The third-order valence-corrected chi connectivity index (χ3v) is 4.37. The average molecular weight is 376 g/mol. The number of methoxy groups -OCH3 is 2. The number of hydrogen-bond acceptors (Lipinski definition) is 5. The van der Waals surface area contributed by atoms with E-state index in [2.05, 4.69) is 16.0 Å². The Hall–Kier alpha value is -3.74. The number of aromatic nitrogens is 4. The Morgan fingerprint density at radius 1 is 0.821 bits per heavy atom. The number of rotatable bonds is 7. The van der Waals surface area contributed by atoms with E-state index in [4.69, 9.17) is 14.2 Å². The molecule has 0 N–H and O–H groups in total. The van der Waals surface area contributed by atoms with Gasteiger partial charge in [-0.25, -0.2) is 9.97 Å². The first-order valence-corrected chi connectivity index (χ1v) is 8.73. The van der Waals surface area contributed by atoms with Crippen LogP contribution >= 0.6 is 0 Å². The molecule has 0 aliphatic carbocycles. The van der Waals surface area contributed by atoms with Crippen LogP contribution in [-0.4, -0.2) is 33.3 Å². The summed E-state index contributed by atoms with van der Waals surface area (Å²) in [6.07, 6.45) is 10.9. The summed E-state index contributed by atoms with van der Waals surface area (Å²) in [5.41, 5.74) is 2.97. The Kier molecular flexibility index (Phi) is 4.97. The van der Waals surface area contributed by atoms with Gasteiger partial charge in [0.2, 0.25) is 5.75 Å². The Balaban J connectivity index is 1.66. The maximum Gasteiger partial charge on any atom is 0.203 e. The fourth-order valence-corrected chi connectivity index (χ4v) is 3.00. The van der Waals surface area contributed by atoms with Crippen molar-refractivity contribution in [3.8, 4) is 28.6 Å². The van der Waals surface area contributed by atoms with Crippen molar-refractivity contribution in [2.24, 2.45) is 0 Å². The van der Waals surface area contributed by atoms with Gasteiger partial charge in [-0.3, -0.25) is 0 Å². The summed E-state index contributed by atoms with van der Waals surface area (Å²) in [7, 11) is 3.22. The maximum atomic E-state index is 6.05. The summed E-state index contributed by atoms with van der Waals surface area (Å²) in [6.45, 7) is 0.364. The van der Waals surface area contributed by atoms with E-state index in [-0.39, 0.29) is 0 Å². The minimum atomic E-state index is 0.364. The molecule has 2 aromatic carbocycles. The molecule has 0 saturated heterocycles. The second-order valence-corrected chi connectivity index (χ2v) is 6.04. The van der Waals surface area contributed by atoms with Crippen molar-refractivity contribution in [2.75, 3.05) is 14.2 Å². The van der Waals surface area contributed by atoms with Crippen LogP contribution in [0.4, 0.5) is 0 Å². The molecule has 4 aromatic rings. The highest BCUT2D eigenvalue weighted by molar-refractivity contribution is 5.55. The summed E-state index contributed by atoms with van der Waals surface area (Å²) in [6, 6.07) is 11.7. The standard InChI is InChI=1S/C21H20N4O3/c1-26-19-4-3-5-20(27-2)21(19)28-13-16-6-7-17(24-10-8-22-14-24)18(12-16)25-11-9-23-15-25/h3-12,14-15H,13H2,1-2H3. The summed E-state index contributed by atoms with van der Waals surface area (Å²) in [5, 5.41) is 0. The minimum Gasteiger partial charge on any atom is -0.493 e. The molecule has 28 heavy (non-hydrogen) atoms. The van der Waals surface area contributed by atoms with Gasteiger partial charge in [-0.1, -0.05) is 12.1 Å². The largest absolute Gasteiger partial charge is 0.493 e. The topological polar surface area (TPSA) is 63.3 Å². The van der Waals surface area contributed by atoms with E-state index in [1.807, 2.05) is 51.9 Å². The van der Waals surface area contributed by atoms with Gasteiger partial charge in [0.15, 0.2) is 11.5 Å². The van der Waals surface area contributed by atoms with Crippen LogP contribution in [0.15, 0.2) is 73.8 Å². The third kappa shape index (κ3) is 3.42. The fraction of sp³-hybridized carbons (Fsp3) is 0.143. The molecule has 0 bridgehead atoms. The lowest BCUT2D eigenvalue weighted by Gasteiger charge is -2.16. The number of para-hydroxylation sites is 1. The van der Waals surface area contributed by atoms with Crippen LogP contribution in [0.25, 0.3) is 11.4 Å². The first-order valence-electron chi connectivity index (χ1n) is 8.73. The number of hydrogen-bond donors (Lipinski definition) is 0. The van der Waals surface area contributed by atoms with Gasteiger partial charge in [-0.15, -0.1) is 0 Å². The first-order chi connectivity index (χ1) is 13.8. The van der Waals surface area contributed by atoms with E-state index >= 15 is 0 Å². The van der Waals surface area contributed by atoms with E-state index in [0.29, 0.717) is 23.9 Å². The molecule has 0 radical (unpaired) electrons. The van der Waals surface area contributed by atoms with Crippen molar-refractivity contribution in [1.82, 2.24) is 19.1 Å². The Bertz CT molecular complexity index is 1020. The van der Waals surface area contributed by atoms with Gasteiger partial charge in [0.05, 0.1) is 38.2 Å². The van der Waals surface area contributed by atoms with Crippen molar-refractivity contribution in [2.45, 2.75) is 6.61 Å². The van der Waals surface area contributed by atoms with Gasteiger partial charge in [0, 0.05) is 24.8 Å². The quantitative estimate of drug-likeness (QED) is 0.493. The lowest BCUT2D eigenvalue weighted by Crippen LogP contribution is -2.04. The zero-order valence-electron chi connectivity index (χ0n) is 15.6. The molecule has 0 unspecified atom stereocenters. The lowest BCUT2D eigenvalue weighted by atomic mass is 10.1. The molecule has 0 saturated carbocycles. The van der Waals surface area contributed by atoms with Crippen molar-refractivity contribution >= 4 is 0 Å². The Morgan fingerprint density at radius 2 is 1.46 bits per heavy atom. The molecular formula is C21H20N4O3. The lowest BCUT2D eigenvalue weighted by molar-refractivity contribution is 0.266. The minimum absolute atomic E-state index is 0.364. The van der Waals surface area contributed by atoms with Crippen LogP contribution < -0.4 is 14.2 Å². The van der Waals surface area contributed by atoms with Crippen LogP contribution in [0.3, 0.4) is 0 Å². The molecule has 7 heteroatoms. The van der Waals surface area contributed by atoms with Crippen LogP contribution in [0.5, 0.6) is 17.2 Å². The predicted molar refractivity (Wildman–Crippen MR) is 105 cm³/mol. The van der Waals surface area contributed by atoms with E-state index < -0.39 is 0 Å². The highest BCUT2D eigenvalue weighted by Crippen LogP contribution is 2.37. The highest BCUT2D eigenvalue weighted by Gasteiger charge is 2.13. The third-order valence-electron chi connectivity index (χ3n) is 4.37. The number of nitrogens with zero attached hydrogens (tertiary/aromatic N) is 4. The molecule has 0 spiro atoms. The molecule has 142 valence electrons. The van der Waals surface area contributed by atoms with Gasteiger partial charge < -0.3 is 23.3 Å². The van der Waals surface area contributed by atoms with Crippen LogP contribution in [0, 0.1) is 0 Å². The second-order valence-electron chi connectivity index (χ2n) is 6.04.